The predicted molar refractivity (Wildman–Crippen MR) is 51.3 cm³/mol. The van der Waals surface area contributed by atoms with E-state index < -0.39 is 6.03 Å². The molecule has 2 amide bonds. The predicted octanol–water partition coefficient (Wildman–Crippen LogP) is 0.495. The Balaban J connectivity index is 4.12. The molecular weight excluding hydrogens is 182 g/mol. The molecule has 6 heteroatoms. The van der Waals surface area contributed by atoms with Crippen LogP contribution in [-0.2, 0) is 0 Å². The van der Waals surface area contributed by atoms with E-state index in [-0.39, 0.29) is 10.4 Å². The molecule has 0 aliphatic heterocycles. The van der Waals surface area contributed by atoms with Crippen molar-refractivity contribution in [1.82, 2.24) is 10.4 Å². The number of hydrogen-bond acceptors (Lipinski definition) is 2. The lowest BCUT2D eigenvalue weighted by Gasteiger charge is -2.24. The summed E-state index contributed by atoms with van der Waals surface area (Å²) in [5, 5.41) is 1.20. The van der Waals surface area contributed by atoms with Crippen molar-refractivity contribution in [3.63, 3.8) is 0 Å². The van der Waals surface area contributed by atoms with Crippen LogP contribution in [0.4, 0.5) is 4.79 Å². The second kappa shape index (κ2) is 4.40. The number of primary amides is 1. The summed E-state index contributed by atoms with van der Waals surface area (Å²) in [4.78, 5) is 10.7. The van der Waals surface area contributed by atoms with Gasteiger partial charge in [-0.15, -0.1) is 12.6 Å². The minimum absolute atomic E-state index is 0.0439. The van der Waals surface area contributed by atoms with Crippen molar-refractivity contribution in [2.45, 2.75) is 19.9 Å². The van der Waals surface area contributed by atoms with Crippen molar-refractivity contribution in [3.05, 3.63) is 0 Å². The van der Waals surface area contributed by atoms with Crippen LogP contribution in [0.25, 0.3) is 0 Å². The van der Waals surface area contributed by atoms with Crippen molar-refractivity contribution < 1.29 is 4.79 Å². The van der Waals surface area contributed by atoms with Crippen LogP contribution in [0, 0.1) is 0 Å². The van der Waals surface area contributed by atoms with Gasteiger partial charge in [0.15, 0.2) is 0 Å². The average Bonchev–Trinajstić information content (AvgIpc) is 1.81. The Morgan fingerprint density at radius 3 is 2.27 bits per heavy atom. The van der Waals surface area contributed by atoms with Gasteiger partial charge in [-0.05, 0) is 13.8 Å². The molecule has 0 aromatic rings. The topological polar surface area (TPSA) is 58.4 Å². The molecule has 64 valence electrons. The lowest BCUT2D eigenvalue weighted by atomic mass is 10.4. The highest BCUT2D eigenvalue weighted by molar-refractivity contribution is 8.11. The maximum Gasteiger partial charge on any atom is 0.333 e. The fourth-order valence-corrected chi connectivity index (χ4v) is 0.748. The van der Waals surface area contributed by atoms with Gasteiger partial charge in [-0.3, -0.25) is 5.43 Å². The molecule has 0 radical (unpaired) electrons. The SMILES string of the molecule is CC(C)N(NC(=S)S)C(N)=O. The Kier molecular flexibility index (Phi) is 4.20. The molecule has 0 saturated carbocycles. The Morgan fingerprint density at radius 1 is 1.73 bits per heavy atom. The summed E-state index contributed by atoms with van der Waals surface area (Å²) >= 11 is 8.41. The molecule has 0 aliphatic carbocycles. The number of nitrogens with one attached hydrogen (secondary N) is 1. The third-order valence-corrected chi connectivity index (χ3v) is 1.16. The lowest BCUT2D eigenvalue weighted by Crippen LogP contribution is -2.50. The van der Waals surface area contributed by atoms with Crippen molar-refractivity contribution in [2.75, 3.05) is 0 Å². The van der Waals surface area contributed by atoms with Crippen LogP contribution in [0.3, 0.4) is 0 Å². The Morgan fingerprint density at radius 2 is 2.18 bits per heavy atom. The van der Waals surface area contributed by atoms with Gasteiger partial charge in [0, 0.05) is 6.04 Å². The van der Waals surface area contributed by atoms with E-state index >= 15 is 0 Å². The van der Waals surface area contributed by atoms with Gasteiger partial charge in [0.05, 0.1) is 0 Å². The number of hydrazine groups is 1. The molecule has 0 aromatic heterocycles. The number of thiol groups is 1. The minimum Gasteiger partial charge on any atom is -0.350 e. The highest BCUT2D eigenvalue weighted by atomic mass is 32.1. The van der Waals surface area contributed by atoms with E-state index in [9.17, 15) is 4.79 Å². The first-order chi connectivity index (χ1) is 4.95. The van der Waals surface area contributed by atoms with Gasteiger partial charge in [-0.25, -0.2) is 9.80 Å². The summed E-state index contributed by atoms with van der Waals surface area (Å²) in [6.07, 6.45) is 0. The summed E-state index contributed by atoms with van der Waals surface area (Å²) in [6, 6.07) is -0.617. The van der Waals surface area contributed by atoms with E-state index in [2.05, 4.69) is 30.3 Å². The number of hydrogen-bond donors (Lipinski definition) is 3. The number of rotatable bonds is 1. The zero-order valence-electron chi connectivity index (χ0n) is 6.37. The molecule has 0 fully saturated rings. The molecule has 0 heterocycles. The van der Waals surface area contributed by atoms with E-state index in [0.29, 0.717) is 0 Å². The number of amides is 2. The number of thiocarbonyl (C=S) groups is 1. The zero-order valence-corrected chi connectivity index (χ0v) is 8.08. The largest absolute Gasteiger partial charge is 0.350 e. The molecular formula is C5H11N3OS2. The summed E-state index contributed by atoms with van der Waals surface area (Å²) in [5.74, 6) is 0. The van der Waals surface area contributed by atoms with Crippen molar-refractivity contribution in [2.24, 2.45) is 5.73 Å². The number of carbonyl (C=O) groups is 1. The van der Waals surface area contributed by atoms with Crippen molar-refractivity contribution >= 4 is 35.2 Å². The van der Waals surface area contributed by atoms with Crippen LogP contribution in [0.1, 0.15) is 13.8 Å². The van der Waals surface area contributed by atoms with E-state index in [1.165, 1.54) is 5.01 Å². The third-order valence-electron chi connectivity index (χ3n) is 0.970. The summed E-state index contributed by atoms with van der Waals surface area (Å²) < 4.78 is 0.220. The van der Waals surface area contributed by atoms with E-state index in [4.69, 9.17) is 5.73 Å². The van der Waals surface area contributed by atoms with Crippen LogP contribution in [-0.4, -0.2) is 21.4 Å². The van der Waals surface area contributed by atoms with Crippen molar-refractivity contribution in [3.8, 4) is 0 Å². The molecule has 0 atom stereocenters. The number of urea groups is 1. The van der Waals surface area contributed by atoms with Crippen LogP contribution >= 0.6 is 24.8 Å². The summed E-state index contributed by atoms with van der Waals surface area (Å²) in [7, 11) is 0. The highest BCUT2D eigenvalue weighted by Crippen LogP contribution is 1.93. The molecule has 3 N–H and O–H groups in total. The fraction of sp³-hybridized carbons (Fsp3) is 0.600. The number of nitrogens with zero attached hydrogens (tertiary/aromatic N) is 1. The molecule has 0 unspecified atom stereocenters. The van der Waals surface area contributed by atoms with Crippen LogP contribution < -0.4 is 11.2 Å². The Bertz CT molecular complexity index is 171. The van der Waals surface area contributed by atoms with Crippen molar-refractivity contribution in [1.29, 1.82) is 0 Å². The first-order valence-electron chi connectivity index (χ1n) is 3.03. The van der Waals surface area contributed by atoms with E-state index in [1.54, 1.807) is 0 Å². The lowest BCUT2D eigenvalue weighted by molar-refractivity contribution is 0.179. The van der Waals surface area contributed by atoms with E-state index in [1.807, 2.05) is 13.8 Å². The molecule has 0 spiro atoms. The van der Waals surface area contributed by atoms with Gasteiger partial charge in [0.2, 0.25) is 0 Å². The smallest absolute Gasteiger partial charge is 0.333 e. The fourth-order valence-electron chi connectivity index (χ4n) is 0.542. The molecule has 0 bridgehead atoms. The quantitative estimate of drug-likeness (QED) is 0.323. The van der Waals surface area contributed by atoms with Gasteiger partial charge in [-0.2, -0.15) is 0 Å². The summed E-state index contributed by atoms with van der Waals surface area (Å²) in [6.45, 7) is 3.62. The number of nitrogens with two attached hydrogens (primary N) is 1. The summed E-state index contributed by atoms with van der Waals surface area (Å²) in [5.41, 5.74) is 7.55. The van der Waals surface area contributed by atoms with Gasteiger partial charge in [0.25, 0.3) is 0 Å². The monoisotopic (exact) mass is 193 g/mol. The highest BCUT2D eigenvalue weighted by Gasteiger charge is 2.12. The first-order valence-corrected chi connectivity index (χ1v) is 3.89. The maximum atomic E-state index is 10.7. The first kappa shape index (κ1) is 10.5. The molecule has 0 aromatic carbocycles. The Labute approximate surface area is 76.5 Å². The second-order valence-electron chi connectivity index (χ2n) is 2.22. The molecule has 4 nitrogen and oxygen atoms in total. The van der Waals surface area contributed by atoms with Gasteiger partial charge in [-0.1, -0.05) is 12.2 Å². The van der Waals surface area contributed by atoms with Gasteiger partial charge in [0.1, 0.15) is 4.32 Å². The average molecular weight is 193 g/mol. The molecule has 11 heavy (non-hydrogen) atoms. The molecule has 0 rings (SSSR count). The normalized spacial score (nSPS) is 9.45. The standard InChI is InChI=1S/C5H11N3OS2/c1-3(2)8(4(6)9)7-5(10)11/h3H,1-2H3,(H2,6,9)(H2,7,10,11). The molecule has 0 saturated heterocycles. The number of carbonyl (C=O) groups excluding carboxylic acids is 1. The van der Waals surface area contributed by atoms with Gasteiger partial charge >= 0.3 is 6.03 Å². The van der Waals surface area contributed by atoms with E-state index in [0.717, 1.165) is 0 Å². The van der Waals surface area contributed by atoms with Crippen LogP contribution in [0.5, 0.6) is 0 Å². The maximum absolute atomic E-state index is 10.7. The van der Waals surface area contributed by atoms with Gasteiger partial charge < -0.3 is 5.73 Å². The minimum atomic E-state index is -0.573. The zero-order chi connectivity index (χ0) is 9.02. The Hall–Kier alpha value is -0.490. The third kappa shape index (κ3) is 4.05. The molecule has 0 aliphatic rings. The van der Waals surface area contributed by atoms with Crippen LogP contribution in [0.2, 0.25) is 0 Å². The second-order valence-corrected chi connectivity index (χ2v) is 3.38. The van der Waals surface area contributed by atoms with Crippen LogP contribution in [0.15, 0.2) is 0 Å².